The molecule has 23 heavy (non-hydrogen) atoms. The van der Waals surface area contributed by atoms with Crippen LogP contribution in [0.15, 0.2) is 34.8 Å². The van der Waals surface area contributed by atoms with Crippen molar-refractivity contribution in [2.75, 3.05) is 12.8 Å². The Balaban J connectivity index is 1.72. The summed E-state index contributed by atoms with van der Waals surface area (Å²) in [5.74, 6) is 0.581. The van der Waals surface area contributed by atoms with Crippen molar-refractivity contribution >= 4 is 35.0 Å². The molecule has 0 aliphatic heterocycles. The van der Waals surface area contributed by atoms with Gasteiger partial charge in [-0.2, -0.15) is 4.98 Å². The third-order valence-electron chi connectivity index (χ3n) is 2.91. The van der Waals surface area contributed by atoms with Crippen molar-refractivity contribution in [2.24, 2.45) is 0 Å². The number of nitrogens with zero attached hydrogens (tertiary/aromatic N) is 3. The van der Waals surface area contributed by atoms with Gasteiger partial charge in [0.2, 0.25) is 11.1 Å². The zero-order chi connectivity index (χ0) is 16.2. The number of esters is 1. The minimum Gasteiger partial charge on any atom is -0.465 e. The van der Waals surface area contributed by atoms with Crippen LogP contribution in [0.2, 0.25) is 0 Å². The molecular formula is C14H13N5O2S2. The Labute approximate surface area is 140 Å². The molecule has 0 radical (unpaired) electrons. The number of nitrogens with two attached hydrogens (primary N) is 1. The van der Waals surface area contributed by atoms with Gasteiger partial charge in [0.1, 0.15) is 5.01 Å². The summed E-state index contributed by atoms with van der Waals surface area (Å²) in [6.07, 6.45) is 0. The number of H-pyrrole nitrogens is 1. The minimum absolute atomic E-state index is 0.297. The van der Waals surface area contributed by atoms with Crippen LogP contribution in [0.4, 0.5) is 5.95 Å². The standard InChI is InChI=1S/C14H13N5O2S2/c1-21-12(20)9-4-2-3-8(5-9)11-16-10(6-22-11)7-23-14-17-13(15)18-19-14/h2-6H,7H2,1H3,(H3,15,17,18,19). The highest BCUT2D eigenvalue weighted by Gasteiger charge is 2.10. The molecule has 1 aromatic carbocycles. The number of carbonyl (C=O) groups is 1. The van der Waals surface area contributed by atoms with E-state index >= 15 is 0 Å². The number of rotatable bonds is 5. The molecule has 3 rings (SSSR count). The lowest BCUT2D eigenvalue weighted by atomic mass is 10.1. The van der Waals surface area contributed by atoms with E-state index in [2.05, 4.69) is 20.2 Å². The molecule has 0 saturated carbocycles. The second-order valence-electron chi connectivity index (χ2n) is 4.51. The number of methoxy groups -OCH3 is 1. The topological polar surface area (TPSA) is 107 Å². The molecule has 3 N–H and O–H groups in total. The van der Waals surface area contributed by atoms with Crippen molar-refractivity contribution in [3.63, 3.8) is 0 Å². The summed E-state index contributed by atoms with van der Waals surface area (Å²) < 4.78 is 4.74. The zero-order valence-corrected chi connectivity index (χ0v) is 13.8. The molecule has 9 heteroatoms. The van der Waals surface area contributed by atoms with Crippen molar-refractivity contribution in [3.8, 4) is 10.6 Å². The fourth-order valence-corrected chi connectivity index (χ4v) is 3.48. The van der Waals surface area contributed by atoms with E-state index in [4.69, 9.17) is 10.5 Å². The summed E-state index contributed by atoms with van der Waals surface area (Å²) in [7, 11) is 1.36. The largest absolute Gasteiger partial charge is 0.465 e. The lowest BCUT2D eigenvalue weighted by Gasteiger charge is -2.01. The normalized spacial score (nSPS) is 10.7. The molecule has 0 aliphatic rings. The second kappa shape index (κ2) is 6.80. The van der Waals surface area contributed by atoms with Crippen LogP contribution in [-0.2, 0) is 10.5 Å². The summed E-state index contributed by atoms with van der Waals surface area (Å²) in [4.78, 5) is 20.2. The summed E-state index contributed by atoms with van der Waals surface area (Å²) in [6, 6.07) is 7.22. The van der Waals surface area contributed by atoms with Gasteiger partial charge in [0.25, 0.3) is 0 Å². The monoisotopic (exact) mass is 347 g/mol. The van der Waals surface area contributed by atoms with Gasteiger partial charge in [-0.3, -0.25) is 0 Å². The minimum atomic E-state index is -0.360. The van der Waals surface area contributed by atoms with Gasteiger partial charge in [-0.25, -0.2) is 14.9 Å². The summed E-state index contributed by atoms with van der Waals surface area (Å²) in [6.45, 7) is 0. The maximum atomic E-state index is 11.6. The second-order valence-corrected chi connectivity index (χ2v) is 6.31. The number of aromatic nitrogens is 4. The molecule has 0 fully saturated rings. The van der Waals surface area contributed by atoms with Crippen molar-refractivity contribution in [2.45, 2.75) is 10.9 Å². The Morgan fingerprint density at radius 2 is 2.30 bits per heavy atom. The molecule has 0 atom stereocenters. The van der Waals surface area contributed by atoms with Crippen LogP contribution in [0.1, 0.15) is 16.1 Å². The van der Waals surface area contributed by atoms with Crippen LogP contribution < -0.4 is 5.73 Å². The van der Waals surface area contributed by atoms with E-state index in [0.717, 1.165) is 16.3 Å². The van der Waals surface area contributed by atoms with Crippen LogP contribution >= 0.6 is 23.1 Å². The molecule has 0 spiro atoms. The molecule has 2 heterocycles. The van der Waals surface area contributed by atoms with Gasteiger partial charge >= 0.3 is 5.97 Å². The number of aromatic amines is 1. The Morgan fingerprint density at radius 3 is 3.04 bits per heavy atom. The van der Waals surface area contributed by atoms with Gasteiger partial charge in [0.15, 0.2) is 0 Å². The predicted molar refractivity (Wildman–Crippen MR) is 89.2 cm³/mol. The van der Waals surface area contributed by atoms with E-state index in [0.29, 0.717) is 22.4 Å². The summed E-state index contributed by atoms with van der Waals surface area (Å²) >= 11 is 2.97. The zero-order valence-electron chi connectivity index (χ0n) is 12.1. The maximum absolute atomic E-state index is 11.6. The number of thiazole rings is 1. The number of anilines is 1. The number of nitrogens with one attached hydrogen (secondary N) is 1. The van der Waals surface area contributed by atoms with E-state index in [-0.39, 0.29) is 5.97 Å². The fraction of sp³-hybridized carbons (Fsp3) is 0.143. The van der Waals surface area contributed by atoms with Crippen LogP contribution in [0.3, 0.4) is 0 Å². The average molecular weight is 347 g/mol. The average Bonchev–Trinajstić information content (AvgIpc) is 3.21. The van der Waals surface area contributed by atoms with Crippen molar-refractivity contribution < 1.29 is 9.53 Å². The molecule has 7 nitrogen and oxygen atoms in total. The Bertz CT molecular complexity index is 830. The van der Waals surface area contributed by atoms with E-state index < -0.39 is 0 Å². The highest BCUT2D eigenvalue weighted by atomic mass is 32.2. The van der Waals surface area contributed by atoms with Gasteiger partial charge in [-0.05, 0) is 12.1 Å². The first-order chi connectivity index (χ1) is 11.2. The number of benzene rings is 1. The number of nitrogen functional groups attached to an aromatic ring is 1. The van der Waals surface area contributed by atoms with E-state index in [1.807, 2.05) is 17.5 Å². The smallest absolute Gasteiger partial charge is 0.337 e. The van der Waals surface area contributed by atoms with Crippen molar-refractivity contribution in [1.82, 2.24) is 20.2 Å². The van der Waals surface area contributed by atoms with Crippen LogP contribution in [0.25, 0.3) is 10.6 Å². The summed E-state index contributed by atoms with van der Waals surface area (Å²) in [5.41, 5.74) is 7.79. The SMILES string of the molecule is COC(=O)c1cccc(-c2nc(CSc3n[nH]c(N)n3)cs2)c1. The first-order valence-electron chi connectivity index (χ1n) is 6.59. The molecule has 0 bridgehead atoms. The number of ether oxygens (including phenoxy) is 1. The fourth-order valence-electron chi connectivity index (χ4n) is 1.86. The quantitative estimate of drug-likeness (QED) is 0.539. The molecule has 3 aromatic rings. The number of hydrogen-bond donors (Lipinski definition) is 2. The molecule has 0 amide bonds. The van der Waals surface area contributed by atoms with Gasteiger partial charge < -0.3 is 10.5 Å². The summed E-state index contributed by atoms with van der Waals surface area (Å²) in [5, 5.41) is 9.97. The van der Waals surface area contributed by atoms with Crippen LogP contribution in [0, 0.1) is 0 Å². The lowest BCUT2D eigenvalue weighted by Crippen LogP contribution is -2.00. The predicted octanol–water partition coefficient (Wildman–Crippen LogP) is 2.59. The number of hydrogen-bond acceptors (Lipinski definition) is 8. The molecule has 0 aliphatic carbocycles. The Morgan fingerprint density at radius 1 is 1.43 bits per heavy atom. The van der Waals surface area contributed by atoms with Crippen molar-refractivity contribution in [1.29, 1.82) is 0 Å². The Hall–Kier alpha value is -2.39. The molecule has 118 valence electrons. The van der Waals surface area contributed by atoms with Gasteiger partial charge in [0.05, 0.1) is 18.4 Å². The number of carbonyl (C=O) groups excluding carboxylic acids is 1. The molecule has 2 aromatic heterocycles. The number of thioether (sulfide) groups is 1. The van der Waals surface area contributed by atoms with Crippen LogP contribution in [-0.4, -0.2) is 33.2 Å². The van der Waals surface area contributed by atoms with Gasteiger partial charge in [0, 0.05) is 16.7 Å². The van der Waals surface area contributed by atoms with Crippen LogP contribution in [0.5, 0.6) is 0 Å². The maximum Gasteiger partial charge on any atom is 0.337 e. The molecular weight excluding hydrogens is 334 g/mol. The molecule has 0 unspecified atom stereocenters. The van der Waals surface area contributed by atoms with Crippen molar-refractivity contribution in [3.05, 3.63) is 40.9 Å². The third kappa shape index (κ3) is 3.69. The highest BCUT2D eigenvalue weighted by molar-refractivity contribution is 7.98. The van der Waals surface area contributed by atoms with E-state index in [1.54, 1.807) is 12.1 Å². The van der Waals surface area contributed by atoms with Gasteiger partial charge in [-0.1, -0.05) is 23.9 Å². The first kappa shape index (κ1) is 15.5. The highest BCUT2D eigenvalue weighted by Crippen LogP contribution is 2.27. The van der Waals surface area contributed by atoms with E-state index in [9.17, 15) is 4.79 Å². The first-order valence-corrected chi connectivity index (χ1v) is 8.46. The van der Waals surface area contributed by atoms with Gasteiger partial charge in [-0.15, -0.1) is 16.4 Å². The Kier molecular flexibility index (Phi) is 4.58. The van der Waals surface area contributed by atoms with E-state index in [1.165, 1.54) is 30.2 Å². The molecule has 0 saturated heterocycles. The third-order valence-corrected chi connectivity index (χ3v) is 4.73. The lowest BCUT2D eigenvalue weighted by molar-refractivity contribution is 0.0601.